The highest BCUT2D eigenvalue weighted by Crippen LogP contribution is 2.31. The summed E-state index contributed by atoms with van der Waals surface area (Å²) in [4.78, 5) is 16.8. The molecule has 3 aromatic carbocycles. The Morgan fingerprint density at radius 2 is 1.89 bits per heavy atom. The molecule has 0 unspecified atom stereocenters. The van der Waals surface area contributed by atoms with Crippen molar-refractivity contribution in [2.75, 3.05) is 11.9 Å². The smallest absolute Gasteiger partial charge is 0.262 e. The fourth-order valence-corrected chi connectivity index (χ4v) is 3.66. The van der Waals surface area contributed by atoms with E-state index in [1.54, 1.807) is 35.6 Å². The molecular weight excluding hydrogens is 370 g/mol. The van der Waals surface area contributed by atoms with Crippen molar-refractivity contribution in [2.24, 2.45) is 0 Å². The number of benzene rings is 3. The van der Waals surface area contributed by atoms with Crippen LogP contribution >= 0.6 is 11.3 Å². The number of carbonyl (C=O) groups is 1. The number of para-hydroxylation sites is 1. The predicted molar refractivity (Wildman–Crippen MR) is 110 cm³/mol. The molecule has 28 heavy (non-hydrogen) atoms. The summed E-state index contributed by atoms with van der Waals surface area (Å²) in [6.07, 6.45) is 0. The summed E-state index contributed by atoms with van der Waals surface area (Å²) < 4.78 is 6.59. The molecular formula is C22H15N3O2S. The van der Waals surface area contributed by atoms with Crippen LogP contribution in [-0.4, -0.2) is 17.5 Å². The summed E-state index contributed by atoms with van der Waals surface area (Å²) in [5.41, 5.74) is 3.15. The minimum atomic E-state index is -0.259. The molecule has 136 valence electrons. The van der Waals surface area contributed by atoms with Gasteiger partial charge < -0.3 is 10.1 Å². The van der Waals surface area contributed by atoms with Gasteiger partial charge in [0.1, 0.15) is 10.8 Å². The monoisotopic (exact) mass is 385 g/mol. The molecule has 0 radical (unpaired) electrons. The van der Waals surface area contributed by atoms with Crippen LogP contribution in [0, 0.1) is 11.3 Å². The van der Waals surface area contributed by atoms with Crippen LogP contribution in [0.4, 0.5) is 5.69 Å². The normalized spacial score (nSPS) is 10.4. The number of nitrogens with zero attached hydrogens (tertiary/aromatic N) is 2. The summed E-state index contributed by atoms with van der Waals surface area (Å²) in [5, 5.41) is 12.5. The first-order chi connectivity index (χ1) is 13.7. The van der Waals surface area contributed by atoms with E-state index in [9.17, 15) is 4.79 Å². The molecule has 1 heterocycles. The highest BCUT2D eigenvalue weighted by atomic mass is 32.1. The lowest BCUT2D eigenvalue weighted by Crippen LogP contribution is -2.20. The second kappa shape index (κ2) is 7.91. The number of carbonyl (C=O) groups excluding carboxylic acids is 1. The van der Waals surface area contributed by atoms with Crippen molar-refractivity contribution in [3.8, 4) is 22.4 Å². The number of nitriles is 1. The maximum atomic E-state index is 12.2. The lowest BCUT2D eigenvalue weighted by Gasteiger charge is -2.08. The zero-order valence-corrected chi connectivity index (χ0v) is 15.6. The van der Waals surface area contributed by atoms with Crippen molar-refractivity contribution in [2.45, 2.75) is 0 Å². The van der Waals surface area contributed by atoms with Crippen LogP contribution in [0.2, 0.25) is 0 Å². The van der Waals surface area contributed by atoms with E-state index in [0.717, 1.165) is 20.8 Å². The Morgan fingerprint density at radius 3 is 2.68 bits per heavy atom. The van der Waals surface area contributed by atoms with E-state index in [-0.39, 0.29) is 12.5 Å². The number of hydrogen-bond acceptors (Lipinski definition) is 5. The molecule has 0 bridgehead atoms. The van der Waals surface area contributed by atoms with Gasteiger partial charge in [-0.3, -0.25) is 4.79 Å². The Kier molecular flexibility index (Phi) is 5.00. The summed E-state index contributed by atoms with van der Waals surface area (Å²) >= 11 is 1.62. The number of hydrogen-bond donors (Lipinski definition) is 1. The number of fused-ring (bicyclic) bond motifs is 1. The highest BCUT2D eigenvalue weighted by Gasteiger charge is 2.08. The SMILES string of the molecule is N#Cc1ccc(OCC(=O)Nc2cccc(-c3nc4ccccc4s3)c2)cc1. The molecule has 0 atom stereocenters. The van der Waals surface area contributed by atoms with Gasteiger partial charge in [0.05, 0.1) is 21.8 Å². The lowest BCUT2D eigenvalue weighted by molar-refractivity contribution is -0.118. The molecule has 1 amide bonds. The van der Waals surface area contributed by atoms with Gasteiger partial charge in [0.2, 0.25) is 0 Å². The van der Waals surface area contributed by atoms with E-state index in [4.69, 9.17) is 10.00 Å². The Hall–Kier alpha value is -3.69. The van der Waals surface area contributed by atoms with Gasteiger partial charge in [0.15, 0.2) is 6.61 Å². The van der Waals surface area contributed by atoms with E-state index in [1.807, 2.05) is 54.6 Å². The van der Waals surface area contributed by atoms with Crippen LogP contribution in [-0.2, 0) is 4.79 Å². The molecule has 0 spiro atoms. The van der Waals surface area contributed by atoms with E-state index in [0.29, 0.717) is 17.0 Å². The van der Waals surface area contributed by atoms with Crippen molar-refractivity contribution in [1.82, 2.24) is 4.98 Å². The summed E-state index contributed by atoms with van der Waals surface area (Å²) in [7, 11) is 0. The van der Waals surface area contributed by atoms with Gasteiger partial charge in [0.25, 0.3) is 5.91 Å². The number of thiazole rings is 1. The van der Waals surface area contributed by atoms with Gasteiger partial charge in [-0.1, -0.05) is 24.3 Å². The highest BCUT2D eigenvalue weighted by molar-refractivity contribution is 7.21. The Balaban J connectivity index is 1.42. The maximum absolute atomic E-state index is 12.2. The first-order valence-corrected chi connectivity index (χ1v) is 9.42. The molecule has 0 aliphatic rings. The lowest BCUT2D eigenvalue weighted by atomic mass is 10.2. The summed E-state index contributed by atoms with van der Waals surface area (Å²) in [6, 6.07) is 24.3. The number of nitrogens with one attached hydrogen (secondary N) is 1. The van der Waals surface area contributed by atoms with Crippen molar-refractivity contribution in [3.05, 3.63) is 78.4 Å². The molecule has 1 aromatic heterocycles. The van der Waals surface area contributed by atoms with Crippen LogP contribution < -0.4 is 10.1 Å². The average molecular weight is 385 g/mol. The topological polar surface area (TPSA) is 75.0 Å². The van der Waals surface area contributed by atoms with Crippen LogP contribution in [0.1, 0.15) is 5.56 Å². The zero-order chi connectivity index (χ0) is 19.3. The second-order valence-corrected chi connectivity index (χ2v) is 7.07. The van der Waals surface area contributed by atoms with Crippen LogP contribution in [0.15, 0.2) is 72.8 Å². The van der Waals surface area contributed by atoms with Crippen LogP contribution in [0.25, 0.3) is 20.8 Å². The average Bonchev–Trinajstić information content (AvgIpc) is 3.17. The number of anilines is 1. The Morgan fingerprint density at radius 1 is 1.07 bits per heavy atom. The molecule has 0 saturated heterocycles. The summed E-state index contributed by atoms with van der Waals surface area (Å²) in [5.74, 6) is 0.281. The maximum Gasteiger partial charge on any atom is 0.262 e. The van der Waals surface area contributed by atoms with Gasteiger partial charge in [-0.2, -0.15) is 5.26 Å². The van der Waals surface area contributed by atoms with Gasteiger partial charge in [0, 0.05) is 11.3 Å². The van der Waals surface area contributed by atoms with Crippen LogP contribution in [0.5, 0.6) is 5.75 Å². The minimum Gasteiger partial charge on any atom is -0.484 e. The fourth-order valence-electron chi connectivity index (χ4n) is 2.70. The fraction of sp³-hybridized carbons (Fsp3) is 0.0455. The molecule has 6 heteroatoms. The van der Waals surface area contributed by atoms with E-state index >= 15 is 0 Å². The third kappa shape index (κ3) is 4.00. The quantitative estimate of drug-likeness (QED) is 0.533. The number of aromatic nitrogens is 1. The van der Waals surface area contributed by atoms with E-state index in [1.165, 1.54) is 0 Å². The van der Waals surface area contributed by atoms with Crippen molar-refractivity contribution in [3.63, 3.8) is 0 Å². The Bertz CT molecular complexity index is 1140. The molecule has 0 aliphatic carbocycles. The zero-order valence-electron chi connectivity index (χ0n) is 14.8. The van der Waals surface area contributed by atoms with Crippen molar-refractivity contribution in [1.29, 1.82) is 5.26 Å². The van der Waals surface area contributed by atoms with E-state index in [2.05, 4.69) is 10.3 Å². The first kappa shape index (κ1) is 17.7. The molecule has 4 aromatic rings. The largest absolute Gasteiger partial charge is 0.484 e. The third-order valence-corrected chi connectivity index (χ3v) is 5.13. The number of rotatable bonds is 5. The van der Waals surface area contributed by atoms with Crippen molar-refractivity contribution >= 4 is 33.1 Å². The predicted octanol–water partition coefficient (Wildman–Crippen LogP) is 4.85. The molecule has 5 nitrogen and oxygen atoms in total. The van der Waals surface area contributed by atoms with Crippen LogP contribution in [0.3, 0.4) is 0 Å². The summed E-state index contributed by atoms with van der Waals surface area (Å²) in [6.45, 7) is -0.114. The van der Waals surface area contributed by atoms with Gasteiger partial charge in [-0.25, -0.2) is 4.98 Å². The van der Waals surface area contributed by atoms with E-state index < -0.39 is 0 Å². The first-order valence-electron chi connectivity index (χ1n) is 8.60. The molecule has 1 N–H and O–H groups in total. The van der Waals surface area contributed by atoms with Crippen molar-refractivity contribution < 1.29 is 9.53 Å². The second-order valence-electron chi connectivity index (χ2n) is 6.04. The molecule has 0 aliphatic heterocycles. The molecule has 0 fully saturated rings. The van der Waals surface area contributed by atoms with Gasteiger partial charge in [-0.15, -0.1) is 11.3 Å². The van der Waals surface area contributed by atoms with Gasteiger partial charge >= 0.3 is 0 Å². The van der Waals surface area contributed by atoms with Gasteiger partial charge in [-0.05, 0) is 48.5 Å². The molecule has 0 saturated carbocycles. The number of ether oxygens (including phenoxy) is 1. The third-order valence-electron chi connectivity index (χ3n) is 4.04. The number of amides is 1. The molecule has 4 rings (SSSR count). The standard InChI is InChI=1S/C22H15N3O2S/c23-13-15-8-10-18(11-9-15)27-14-21(26)24-17-5-3-4-16(12-17)22-25-19-6-1-2-7-20(19)28-22/h1-12H,14H2,(H,24,26). The minimum absolute atomic E-state index is 0.114. The Labute approximate surface area is 165 Å².